The maximum atomic E-state index is 12.7. The molecular formula is C16H20Cl2N4O. The fourth-order valence-electron chi connectivity index (χ4n) is 2.70. The van der Waals surface area contributed by atoms with Crippen LogP contribution in [0.2, 0.25) is 5.02 Å². The molecular weight excluding hydrogens is 335 g/mol. The summed E-state index contributed by atoms with van der Waals surface area (Å²) < 4.78 is 0. The SMILES string of the molecule is CC1NCCN(C(=O)c2cc(-c3ccc(Cl)cc3)n[nH]2)C1C.Cl. The van der Waals surface area contributed by atoms with Gasteiger partial charge in [-0.15, -0.1) is 12.4 Å². The number of nitrogens with zero attached hydrogens (tertiary/aromatic N) is 2. The molecule has 1 aromatic carbocycles. The molecule has 0 spiro atoms. The molecule has 2 unspecified atom stereocenters. The van der Waals surface area contributed by atoms with Gasteiger partial charge in [0.1, 0.15) is 5.69 Å². The van der Waals surface area contributed by atoms with Gasteiger partial charge in [0.15, 0.2) is 0 Å². The van der Waals surface area contributed by atoms with Gasteiger partial charge in [0.05, 0.1) is 5.69 Å². The van der Waals surface area contributed by atoms with Crippen molar-refractivity contribution in [3.05, 3.63) is 41.0 Å². The van der Waals surface area contributed by atoms with Gasteiger partial charge in [-0.3, -0.25) is 9.89 Å². The molecule has 7 heteroatoms. The number of aromatic amines is 1. The fourth-order valence-corrected chi connectivity index (χ4v) is 2.82. The van der Waals surface area contributed by atoms with E-state index in [-0.39, 0.29) is 30.4 Å². The highest BCUT2D eigenvalue weighted by molar-refractivity contribution is 6.30. The maximum absolute atomic E-state index is 12.7. The van der Waals surface area contributed by atoms with Gasteiger partial charge >= 0.3 is 0 Å². The molecule has 2 N–H and O–H groups in total. The zero-order valence-electron chi connectivity index (χ0n) is 13.0. The van der Waals surface area contributed by atoms with Gasteiger partial charge < -0.3 is 10.2 Å². The second-order valence-electron chi connectivity index (χ2n) is 5.66. The van der Waals surface area contributed by atoms with Crippen molar-refractivity contribution in [2.45, 2.75) is 25.9 Å². The molecule has 2 aromatic rings. The van der Waals surface area contributed by atoms with Crippen LogP contribution in [0.4, 0.5) is 0 Å². The number of halogens is 2. The smallest absolute Gasteiger partial charge is 0.272 e. The largest absolute Gasteiger partial charge is 0.332 e. The predicted molar refractivity (Wildman–Crippen MR) is 94.2 cm³/mol. The third-order valence-electron chi connectivity index (χ3n) is 4.24. The minimum Gasteiger partial charge on any atom is -0.332 e. The van der Waals surface area contributed by atoms with E-state index in [4.69, 9.17) is 11.6 Å². The standard InChI is InChI=1S/C16H19ClN4O.ClH/c1-10-11(2)21(8-7-18-10)16(22)15-9-14(19-20-15)12-3-5-13(17)6-4-12;/h3-6,9-11,18H,7-8H2,1-2H3,(H,19,20);1H. The number of carbonyl (C=O) groups excluding carboxylic acids is 1. The minimum absolute atomic E-state index is 0. The summed E-state index contributed by atoms with van der Waals surface area (Å²) in [6.07, 6.45) is 0. The molecule has 0 saturated carbocycles. The molecule has 0 radical (unpaired) electrons. The minimum atomic E-state index is -0.00596. The van der Waals surface area contributed by atoms with Gasteiger partial charge in [0, 0.05) is 35.8 Å². The molecule has 0 bridgehead atoms. The van der Waals surface area contributed by atoms with Gasteiger partial charge in [-0.05, 0) is 32.0 Å². The van der Waals surface area contributed by atoms with Crippen LogP contribution in [0, 0.1) is 0 Å². The van der Waals surface area contributed by atoms with E-state index in [1.54, 1.807) is 6.07 Å². The topological polar surface area (TPSA) is 61.0 Å². The van der Waals surface area contributed by atoms with E-state index < -0.39 is 0 Å². The highest BCUT2D eigenvalue weighted by Crippen LogP contribution is 2.21. The van der Waals surface area contributed by atoms with E-state index in [1.165, 1.54) is 0 Å². The Bertz CT molecular complexity index is 671. The van der Waals surface area contributed by atoms with Gasteiger partial charge in [0.25, 0.3) is 5.91 Å². The number of piperazine rings is 1. The lowest BCUT2D eigenvalue weighted by Gasteiger charge is -2.38. The second kappa shape index (κ2) is 7.34. The van der Waals surface area contributed by atoms with Crippen LogP contribution in [-0.2, 0) is 0 Å². The summed E-state index contributed by atoms with van der Waals surface area (Å²) >= 11 is 5.89. The van der Waals surface area contributed by atoms with Crippen LogP contribution in [0.15, 0.2) is 30.3 Å². The Hall–Kier alpha value is -1.56. The van der Waals surface area contributed by atoms with Crippen LogP contribution in [-0.4, -0.2) is 46.2 Å². The van der Waals surface area contributed by atoms with Gasteiger partial charge in [-0.1, -0.05) is 23.7 Å². The Morgan fingerprint density at radius 1 is 1.30 bits per heavy atom. The average Bonchev–Trinajstić information content (AvgIpc) is 3.00. The average molecular weight is 355 g/mol. The molecule has 23 heavy (non-hydrogen) atoms. The highest BCUT2D eigenvalue weighted by Gasteiger charge is 2.29. The van der Waals surface area contributed by atoms with Crippen molar-refractivity contribution in [1.29, 1.82) is 0 Å². The van der Waals surface area contributed by atoms with E-state index in [1.807, 2.05) is 29.2 Å². The Labute approximate surface area is 146 Å². The number of nitrogens with one attached hydrogen (secondary N) is 2. The van der Waals surface area contributed by atoms with Crippen LogP contribution in [0.1, 0.15) is 24.3 Å². The lowest BCUT2D eigenvalue weighted by atomic mass is 10.1. The number of amides is 1. The number of hydrogen-bond acceptors (Lipinski definition) is 3. The van der Waals surface area contributed by atoms with Crippen LogP contribution >= 0.6 is 24.0 Å². The molecule has 2 heterocycles. The van der Waals surface area contributed by atoms with E-state index in [0.717, 1.165) is 17.8 Å². The Morgan fingerprint density at radius 3 is 2.70 bits per heavy atom. The van der Waals surface area contributed by atoms with Gasteiger partial charge in [-0.2, -0.15) is 5.10 Å². The number of benzene rings is 1. The van der Waals surface area contributed by atoms with Crippen LogP contribution in [0.5, 0.6) is 0 Å². The van der Waals surface area contributed by atoms with Crippen molar-refractivity contribution in [2.75, 3.05) is 13.1 Å². The van der Waals surface area contributed by atoms with E-state index in [2.05, 4.69) is 29.4 Å². The maximum Gasteiger partial charge on any atom is 0.272 e. The van der Waals surface area contributed by atoms with Crippen molar-refractivity contribution in [3.8, 4) is 11.3 Å². The quantitative estimate of drug-likeness (QED) is 0.871. The van der Waals surface area contributed by atoms with Crippen molar-refractivity contribution < 1.29 is 4.79 Å². The zero-order valence-corrected chi connectivity index (χ0v) is 14.6. The molecule has 5 nitrogen and oxygen atoms in total. The summed E-state index contributed by atoms with van der Waals surface area (Å²) in [7, 11) is 0. The number of aromatic nitrogens is 2. The van der Waals surface area contributed by atoms with Gasteiger partial charge in [-0.25, -0.2) is 0 Å². The summed E-state index contributed by atoms with van der Waals surface area (Å²) in [5.41, 5.74) is 2.20. The lowest BCUT2D eigenvalue weighted by Crippen LogP contribution is -2.57. The van der Waals surface area contributed by atoms with Gasteiger partial charge in [0.2, 0.25) is 0 Å². The fraction of sp³-hybridized carbons (Fsp3) is 0.375. The molecule has 2 atom stereocenters. The van der Waals surface area contributed by atoms with E-state index >= 15 is 0 Å². The lowest BCUT2D eigenvalue weighted by molar-refractivity contribution is 0.0597. The first-order valence-electron chi connectivity index (χ1n) is 7.42. The molecule has 1 fully saturated rings. The summed E-state index contributed by atoms with van der Waals surface area (Å²) in [5.74, 6) is -0.00596. The molecule has 1 saturated heterocycles. The molecule has 1 aromatic heterocycles. The Kier molecular flexibility index (Phi) is 5.68. The third-order valence-corrected chi connectivity index (χ3v) is 4.50. The van der Waals surface area contributed by atoms with Crippen molar-refractivity contribution in [1.82, 2.24) is 20.4 Å². The highest BCUT2D eigenvalue weighted by atomic mass is 35.5. The van der Waals surface area contributed by atoms with Crippen molar-refractivity contribution in [3.63, 3.8) is 0 Å². The monoisotopic (exact) mass is 354 g/mol. The number of H-pyrrole nitrogens is 1. The molecule has 1 aliphatic heterocycles. The number of rotatable bonds is 2. The predicted octanol–water partition coefficient (Wildman–Crippen LogP) is 2.97. The molecule has 1 aliphatic rings. The van der Waals surface area contributed by atoms with Crippen LogP contribution in [0.25, 0.3) is 11.3 Å². The normalized spacial score (nSPS) is 20.9. The Balaban J connectivity index is 0.00000192. The molecule has 3 rings (SSSR count). The summed E-state index contributed by atoms with van der Waals surface area (Å²) in [6, 6.07) is 9.65. The number of carbonyl (C=O) groups is 1. The first-order chi connectivity index (χ1) is 10.6. The van der Waals surface area contributed by atoms with Crippen molar-refractivity contribution in [2.24, 2.45) is 0 Å². The van der Waals surface area contributed by atoms with Crippen LogP contribution < -0.4 is 5.32 Å². The number of hydrogen-bond donors (Lipinski definition) is 2. The molecule has 124 valence electrons. The summed E-state index contributed by atoms with van der Waals surface area (Å²) in [6.45, 7) is 5.68. The summed E-state index contributed by atoms with van der Waals surface area (Å²) in [4.78, 5) is 14.5. The third kappa shape index (κ3) is 3.68. The first kappa shape index (κ1) is 17.8. The molecule has 1 amide bonds. The van der Waals surface area contributed by atoms with E-state index in [0.29, 0.717) is 17.3 Å². The van der Waals surface area contributed by atoms with E-state index in [9.17, 15) is 4.79 Å². The summed E-state index contributed by atoms with van der Waals surface area (Å²) in [5, 5.41) is 11.2. The molecule has 0 aliphatic carbocycles. The Morgan fingerprint density at radius 2 is 2.00 bits per heavy atom. The van der Waals surface area contributed by atoms with Crippen molar-refractivity contribution >= 4 is 29.9 Å². The second-order valence-corrected chi connectivity index (χ2v) is 6.09. The zero-order chi connectivity index (χ0) is 15.7. The van der Waals surface area contributed by atoms with Crippen LogP contribution in [0.3, 0.4) is 0 Å². The first-order valence-corrected chi connectivity index (χ1v) is 7.80.